The van der Waals surface area contributed by atoms with Gasteiger partial charge >= 0.3 is 5.97 Å². The second-order valence-corrected chi connectivity index (χ2v) is 6.61. The molecule has 0 aliphatic rings. The molecule has 3 N–H and O–H groups in total. The Kier molecular flexibility index (Phi) is 3.82. The number of nitrogens with one attached hydrogen (secondary N) is 2. The van der Waals surface area contributed by atoms with Gasteiger partial charge in [0.25, 0.3) is 10.0 Å². The van der Waals surface area contributed by atoms with Gasteiger partial charge in [0.15, 0.2) is 5.03 Å². The normalized spacial score (nSPS) is 11.5. The van der Waals surface area contributed by atoms with Crippen molar-refractivity contribution >= 4 is 33.0 Å². The second-order valence-electron chi connectivity index (χ2n) is 4.08. The van der Waals surface area contributed by atoms with Crippen LogP contribution >= 0.6 is 11.3 Å². The highest BCUT2D eigenvalue weighted by molar-refractivity contribution is 7.92. The Morgan fingerprint density at radius 1 is 1.55 bits per heavy atom. The molecule has 0 amide bonds. The van der Waals surface area contributed by atoms with E-state index >= 15 is 0 Å². The Labute approximate surface area is 119 Å². The molecule has 2 rings (SSSR count). The summed E-state index contributed by atoms with van der Waals surface area (Å²) >= 11 is 0.978. The minimum atomic E-state index is -3.88. The molecular formula is C11H13N3O4S2. The summed E-state index contributed by atoms with van der Waals surface area (Å²) in [5, 5.41) is 10.5. The number of aromatic amines is 1. The number of aromatic carboxylic acids is 1. The molecule has 0 atom stereocenters. The van der Waals surface area contributed by atoms with E-state index in [0.29, 0.717) is 17.8 Å². The van der Waals surface area contributed by atoms with Crippen LogP contribution in [0.15, 0.2) is 16.6 Å². The molecule has 0 aliphatic heterocycles. The van der Waals surface area contributed by atoms with Crippen LogP contribution in [0.1, 0.15) is 28.0 Å². The zero-order chi connectivity index (χ0) is 14.9. The fourth-order valence-electron chi connectivity index (χ4n) is 1.58. The first-order valence-electron chi connectivity index (χ1n) is 5.73. The van der Waals surface area contributed by atoms with Crippen LogP contribution < -0.4 is 4.72 Å². The van der Waals surface area contributed by atoms with Crippen LogP contribution in [-0.2, 0) is 16.4 Å². The highest BCUT2D eigenvalue weighted by Gasteiger charge is 2.23. The number of aromatic nitrogens is 2. The van der Waals surface area contributed by atoms with Gasteiger partial charge in [-0.05, 0) is 17.9 Å². The van der Waals surface area contributed by atoms with Crippen LogP contribution in [0.2, 0.25) is 0 Å². The first-order valence-corrected chi connectivity index (χ1v) is 8.09. The van der Waals surface area contributed by atoms with Crippen LogP contribution in [0.5, 0.6) is 0 Å². The van der Waals surface area contributed by atoms with Gasteiger partial charge in [-0.15, -0.1) is 11.3 Å². The van der Waals surface area contributed by atoms with Gasteiger partial charge in [-0.2, -0.15) is 8.42 Å². The molecule has 2 aromatic rings. The lowest BCUT2D eigenvalue weighted by molar-refractivity contribution is 0.0703. The van der Waals surface area contributed by atoms with Crippen molar-refractivity contribution in [2.45, 2.75) is 25.3 Å². The minimum Gasteiger partial charge on any atom is -0.477 e. The molecule has 2 heterocycles. The Morgan fingerprint density at radius 3 is 2.80 bits per heavy atom. The quantitative estimate of drug-likeness (QED) is 0.779. The van der Waals surface area contributed by atoms with Crippen molar-refractivity contribution in [3.63, 3.8) is 0 Å². The van der Waals surface area contributed by atoms with Gasteiger partial charge in [-0.3, -0.25) is 4.72 Å². The fourth-order valence-corrected chi connectivity index (χ4v) is 3.57. The molecule has 0 saturated heterocycles. The van der Waals surface area contributed by atoms with E-state index in [1.165, 1.54) is 6.20 Å². The van der Waals surface area contributed by atoms with Gasteiger partial charge in [-0.25, -0.2) is 9.78 Å². The summed E-state index contributed by atoms with van der Waals surface area (Å²) in [6.45, 7) is 3.49. The minimum absolute atomic E-state index is 0.0405. The number of rotatable bonds is 5. The molecule has 7 nitrogen and oxygen atoms in total. The number of aryl methyl sites for hydroxylation is 2. The topological polar surface area (TPSA) is 112 Å². The average Bonchev–Trinajstić information content (AvgIpc) is 2.97. The third-order valence-electron chi connectivity index (χ3n) is 2.64. The number of hydrogen-bond acceptors (Lipinski definition) is 5. The molecule has 0 aliphatic carbocycles. The van der Waals surface area contributed by atoms with Crippen molar-refractivity contribution in [3.8, 4) is 0 Å². The van der Waals surface area contributed by atoms with Crippen LogP contribution in [0.4, 0.5) is 5.69 Å². The summed E-state index contributed by atoms with van der Waals surface area (Å²) in [4.78, 5) is 17.6. The van der Waals surface area contributed by atoms with Crippen LogP contribution in [-0.4, -0.2) is 29.5 Å². The zero-order valence-electron chi connectivity index (χ0n) is 10.8. The molecule has 0 unspecified atom stereocenters. The Bertz CT molecular complexity index is 746. The first kappa shape index (κ1) is 14.5. The maximum absolute atomic E-state index is 12.2. The lowest BCUT2D eigenvalue weighted by Gasteiger charge is -2.07. The van der Waals surface area contributed by atoms with E-state index < -0.39 is 16.0 Å². The largest absolute Gasteiger partial charge is 0.477 e. The number of nitrogens with zero attached hydrogens (tertiary/aromatic N) is 1. The smallest absolute Gasteiger partial charge is 0.348 e. The number of anilines is 1. The van der Waals surface area contributed by atoms with Crippen molar-refractivity contribution < 1.29 is 18.3 Å². The monoisotopic (exact) mass is 315 g/mol. The van der Waals surface area contributed by atoms with Gasteiger partial charge in [0, 0.05) is 6.42 Å². The molecule has 0 fully saturated rings. The molecule has 20 heavy (non-hydrogen) atoms. The van der Waals surface area contributed by atoms with Gasteiger partial charge in [-0.1, -0.05) is 6.92 Å². The highest BCUT2D eigenvalue weighted by atomic mass is 32.2. The van der Waals surface area contributed by atoms with Gasteiger partial charge < -0.3 is 10.1 Å². The number of imidazole rings is 1. The van der Waals surface area contributed by atoms with Gasteiger partial charge in [0.05, 0.1) is 11.9 Å². The summed E-state index contributed by atoms with van der Waals surface area (Å²) < 4.78 is 26.7. The predicted molar refractivity (Wildman–Crippen MR) is 74.8 cm³/mol. The fraction of sp³-hybridized carbons (Fsp3) is 0.273. The van der Waals surface area contributed by atoms with Crippen molar-refractivity contribution in [1.29, 1.82) is 0 Å². The standard InChI is InChI=1S/C11H13N3O4S2/c1-3-7-12-4-8(13-7)20(17,18)14-9-6(2)5-19-10(9)11(15)16/h4-5,14H,3H2,1-2H3,(H,12,13)(H,15,16). The second kappa shape index (κ2) is 5.25. The van der Waals surface area contributed by atoms with Crippen LogP contribution in [0.25, 0.3) is 0 Å². The van der Waals surface area contributed by atoms with E-state index in [9.17, 15) is 13.2 Å². The molecule has 2 aromatic heterocycles. The molecule has 0 radical (unpaired) electrons. The van der Waals surface area contributed by atoms with Crippen LogP contribution in [0, 0.1) is 6.92 Å². The molecule has 0 bridgehead atoms. The van der Waals surface area contributed by atoms with Gasteiger partial charge in [0.1, 0.15) is 10.7 Å². The SMILES string of the molecule is CCc1ncc(S(=O)(=O)Nc2c(C)csc2C(=O)O)[nH]1. The average molecular weight is 315 g/mol. The summed E-state index contributed by atoms with van der Waals surface area (Å²) in [5.74, 6) is -0.620. The van der Waals surface area contributed by atoms with Crippen molar-refractivity contribution in [2.24, 2.45) is 0 Å². The number of hydrogen-bond donors (Lipinski definition) is 3. The molecule has 9 heteroatoms. The molecule has 108 valence electrons. The third-order valence-corrected chi connectivity index (χ3v) is 4.98. The summed E-state index contributed by atoms with van der Waals surface area (Å²) in [6, 6.07) is 0. The van der Waals surface area contributed by atoms with E-state index in [4.69, 9.17) is 5.11 Å². The van der Waals surface area contributed by atoms with E-state index in [1.54, 1.807) is 12.3 Å². The van der Waals surface area contributed by atoms with E-state index in [-0.39, 0.29) is 15.6 Å². The third kappa shape index (κ3) is 2.68. The Hall–Kier alpha value is -1.87. The number of carboxylic acids is 1. The molecule has 0 saturated carbocycles. The van der Waals surface area contributed by atoms with Crippen molar-refractivity contribution in [2.75, 3.05) is 4.72 Å². The lowest BCUT2D eigenvalue weighted by atomic mass is 10.3. The first-order chi connectivity index (χ1) is 9.35. The van der Waals surface area contributed by atoms with Gasteiger partial charge in [0.2, 0.25) is 0 Å². The number of thiophene rings is 1. The lowest BCUT2D eigenvalue weighted by Crippen LogP contribution is -2.15. The Morgan fingerprint density at radius 2 is 2.25 bits per heavy atom. The predicted octanol–water partition coefficient (Wildman–Crippen LogP) is 1.84. The number of carbonyl (C=O) groups is 1. The summed E-state index contributed by atoms with van der Waals surface area (Å²) in [6.07, 6.45) is 1.79. The zero-order valence-corrected chi connectivity index (χ0v) is 12.4. The number of carboxylic acid groups (broad SMARTS) is 1. The summed E-state index contributed by atoms with van der Waals surface area (Å²) in [5.41, 5.74) is 0.654. The maximum atomic E-state index is 12.2. The highest BCUT2D eigenvalue weighted by Crippen LogP contribution is 2.29. The van der Waals surface area contributed by atoms with Crippen LogP contribution in [0.3, 0.4) is 0 Å². The maximum Gasteiger partial charge on any atom is 0.348 e. The summed E-state index contributed by atoms with van der Waals surface area (Å²) in [7, 11) is -3.88. The number of H-pyrrole nitrogens is 1. The van der Waals surface area contributed by atoms with E-state index in [1.807, 2.05) is 6.92 Å². The molecule has 0 spiro atoms. The van der Waals surface area contributed by atoms with E-state index in [2.05, 4.69) is 14.7 Å². The van der Waals surface area contributed by atoms with E-state index in [0.717, 1.165) is 11.3 Å². The molecular weight excluding hydrogens is 302 g/mol. The molecule has 0 aromatic carbocycles. The Balaban J connectivity index is 2.38. The van der Waals surface area contributed by atoms with Crippen molar-refractivity contribution in [3.05, 3.63) is 27.8 Å². The number of sulfonamides is 1. The van der Waals surface area contributed by atoms with Crippen molar-refractivity contribution in [1.82, 2.24) is 9.97 Å².